The number of rotatable bonds is 5. The summed E-state index contributed by atoms with van der Waals surface area (Å²) in [4.78, 5) is 37.7. The lowest BCUT2D eigenvalue weighted by atomic mass is 10.0. The van der Waals surface area contributed by atoms with Crippen molar-refractivity contribution >= 4 is 46.3 Å². The standard InChI is InChI=1S/C24H17ClN2O7S/c1-12-5-14(6-18(13(12)2)27(30)31)19-4-3-16(34-19)8-22-23(28)26(24(29)35-22)10-15-7-20-21(9-17(15)25)33-11-32-20/h3-9H,10-11H2,1-2H3/b22-8+. The second-order valence-electron chi connectivity index (χ2n) is 7.96. The van der Waals surface area contributed by atoms with E-state index in [4.69, 9.17) is 25.5 Å². The van der Waals surface area contributed by atoms with Crippen molar-refractivity contribution in [3.63, 3.8) is 0 Å². The van der Waals surface area contributed by atoms with Crippen molar-refractivity contribution in [1.29, 1.82) is 0 Å². The van der Waals surface area contributed by atoms with Crippen molar-refractivity contribution < 1.29 is 28.4 Å². The van der Waals surface area contributed by atoms with Crippen molar-refractivity contribution in [2.75, 3.05) is 6.79 Å². The number of aryl methyl sites for hydroxylation is 1. The van der Waals surface area contributed by atoms with E-state index in [0.29, 0.717) is 44.7 Å². The van der Waals surface area contributed by atoms with Crippen LogP contribution in [0.2, 0.25) is 5.02 Å². The van der Waals surface area contributed by atoms with Crippen LogP contribution < -0.4 is 9.47 Å². The molecule has 0 spiro atoms. The topological polar surface area (TPSA) is 112 Å². The zero-order chi connectivity index (χ0) is 24.9. The third-order valence-corrected chi connectivity index (χ3v) is 7.02. The zero-order valence-corrected chi connectivity index (χ0v) is 20.1. The first-order valence-electron chi connectivity index (χ1n) is 10.4. The van der Waals surface area contributed by atoms with E-state index in [9.17, 15) is 19.7 Å². The number of imide groups is 1. The Kier molecular flexibility index (Phi) is 5.78. The summed E-state index contributed by atoms with van der Waals surface area (Å²) in [5.41, 5.74) is 2.44. The summed E-state index contributed by atoms with van der Waals surface area (Å²) in [6.07, 6.45) is 1.48. The highest BCUT2D eigenvalue weighted by molar-refractivity contribution is 8.18. The van der Waals surface area contributed by atoms with E-state index < -0.39 is 16.1 Å². The Labute approximate surface area is 208 Å². The van der Waals surface area contributed by atoms with Gasteiger partial charge in [-0.1, -0.05) is 11.6 Å². The van der Waals surface area contributed by atoms with Gasteiger partial charge < -0.3 is 13.9 Å². The molecular formula is C24H17ClN2O7S. The molecule has 0 bridgehead atoms. The normalized spacial score (nSPS) is 16.0. The summed E-state index contributed by atoms with van der Waals surface area (Å²) < 4.78 is 16.5. The third kappa shape index (κ3) is 4.26. The molecule has 2 aliphatic rings. The Balaban J connectivity index is 1.38. The first kappa shape index (κ1) is 23.0. The molecule has 2 amide bonds. The molecule has 1 aromatic heterocycles. The van der Waals surface area contributed by atoms with Crippen LogP contribution in [0.5, 0.6) is 11.5 Å². The predicted molar refractivity (Wildman–Crippen MR) is 129 cm³/mol. The molecule has 0 radical (unpaired) electrons. The molecule has 0 aliphatic carbocycles. The number of hydrogen-bond acceptors (Lipinski definition) is 8. The van der Waals surface area contributed by atoms with Crippen LogP contribution in [0.4, 0.5) is 10.5 Å². The van der Waals surface area contributed by atoms with Gasteiger partial charge >= 0.3 is 0 Å². The Hall–Kier alpha value is -3.76. The van der Waals surface area contributed by atoms with Crippen LogP contribution in [0.25, 0.3) is 17.4 Å². The minimum atomic E-state index is -0.478. The maximum absolute atomic E-state index is 12.9. The Morgan fingerprint density at radius 3 is 2.63 bits per heavy atom. The van der Waals surface area contributed by atoms with Gasteiger partial charge in [-0.25, -0.2) is 0 Å². The van der Waals surface area contributed by atoms with Gasteiger partial charge in [-0.3, -0.25) is 24.6 Å². The van der Waals surface area contributed by atoms with Gasteiger partial charge in [0.05, 0.1) is 16.4 Å². The van der Waals surface area contributed by atoms with E-state index in [1.165, 1.54) is 12.1 Å². The van der Waals surface area contributed by atoms with Crippen LogP contribution in [-0.4, -0.2) is 27.8 Å². The molecular weight excluding hydrogens is 496 g/mol. The average molecular weight is 513 g/mol. The first-order valence-corrected chi connectivity index (χ1v) is 11.6. The summed E-state index contributed by atoms with van der Waals surface area (Å²) in [7, 11) is 0. The van der Waals surface area contributed by atoms with Gasteiger partial charge in [0.2, 0.25) is 6.79 Å². The van der Waals surface area contributed by atoms with Gasteiger partial charge in [-0.2, -0.15) is 0 Å². The third-order valence-electron chi connectivity index (χ3n) is 5.76. The smallest absolute Gasteiger partial charge is 0.293 e. The molecule has 0 unspecified atom stereocenters. The number of benzene rings is 2. The molecule has 1 saturated heterocycles. The predicted octanol–water partition coefficient (Wildman–Crippen LogP) is 6.09. The maximum atomic E-state index is 12.9. The SMILES string of the molecule is Cc1cc(-c2ccc(/C=C3/SC(=O)N(Cc4cc5c(cc4Cl)OCO5)C3=O)o2)cc([N+](=O)[O-])c1C. The van der Waals surface area contributed by atoms with E-state index in [-0.39, 0.29) is 23.9 Å². The number of fused-ring (bicyclic) bond motifs is 1. The van der Waals surface area contributed by atoms with Crippen LogP contribution in [0.3, 0.4) is 0 Å². The fourth-order valence-electron chi connectivity index (χ4n) is 3.77. The molecule has 2 aromatic carbocycles. The highest BCUT2D eigenvalue weighted by Crippen LogP contribution is 2.40. The van der Waals surface area contributed by atoms with Gasteiger partial charge in [0.15, 0.2) is 11.5 Å². The lowest BCUT2D eigenvalue weighted by molar-refractivity contribution is -0.385. The fraction of sp³-hybridized carbons (Fsp3) is 0.167. The van der Waals surface area contributed by atoms with Gasteiger partial charge in [0.25, 0.3) is 16.8 Å². The molecule has 5 rings (SSSR count). The Morgan fingerprint density at radius 1 is 1.14 bits per heavy atom. The number of nitro groups is 1. The number of nitro benzene ring substituents is 1. The number of thioether (sulfide) groups is 1. The fourth-order valence-corrected chi connectivity index (χ4v) is 4.81. The summed E-state index contributed by atoms with van der Waals surface area (Å²) >= 11 is 7.09. The molecule has 3 aromatic rings. The summed E-state index contributed by atoms with van der Waals surface area (Å²) in [5.74, 6) is 1.28. The number of ether oxygens (including phenoxy) is 2. The summed E-state index contributed by atoms with van der Waals surface area (Å²) in [5, 5.41) is 11.3. The average Bonchev–Trinajstić information content (AvgIpc) is 3.52. The Morgan fingerprint density at radius 2 is 1.89 bits per heavy atom. The molecule has 3 heterocycles. The highest BCUT2D eigenvalue weighted by atomic mass is 35.5. The number of hydrogen-bond donors (Lipinski definition) is 0. The van der Waals surface area contributed by atoms with Gasteiger partial charge in [-0.15, -0.1) is 0 Å². The molecule has 9 nitrogen and oxygen atoms in total. The first-order chi connectivity index (χ1) is 16.7. The van der Waals surface area contributed by atoms with E-state index in [0.717, 1.165) is 22.2 Å². The van der Waals surface area contributed by atoms with Crippen molar-refractivity contribution in [3.05, 3.63) is 78.9 Å². The van der Waals surface area contributed by atoms with Crippen molar-refractivity contribution in [1.82, 2.24) is 4.90 Å². The molecule has 11 heteroatoms. The van der Waals surface area contributed by atoms with Crippen molar-refractivity contribution in [2.24, 2.45) is 0 Å². The lowest BCUT2D eigenvalue weighted by Gasteiger charge is -2.14. The monoisotopic (exact) mass is 512 g/mol. The molecule has 2 aliphatic heterocycles. The van der Waals surface area contributed by atoms with Crippen LogP contribution in [0.1, 0.15) is 22.5 Å². The maximum Gasteiger partial charge on any atom is 0.293 e. The molecule has 0 atom stereocenters. The van der Waals surface area contributed by atoms with Gasteiger partial charge in [0, 0.05) is 34.4 Å². The van der Waals surface area contributed by atoms with Crippen LogP contribution in [0, 0.1) is 24.0 Å². The van der Waals surface area contributed by atoms with E-state index in [2.05, 4.69) is 0 Å². The largest absolute Gasteiger partial charge is 0.457 e. The quantitative estimate of drug-likeness (QED) is 0.229. The minimum absolute atomic E-state index is 0.00116. The van der Waals surface area contributed by atoms with Gasteiger partial charge in [0.1, 0.15) is 11.5 Å². The van der Waals surface area contributed by atoms with Crippen LogP contribution in [0.15, 0.2) is 45.7 Å². The van der Waals surface area contributed by atoms with Crippen molar-refractivity contribution in [3.8, 4) is 22.8 Å². The number of halogens is 1. The Bertz CT molecular complexity index is 1450. The zero-order valence-electron chi connectivity index (χ0n) is 18.5. The molecule has 35 heavy (non-hydrogen) atoms. The van der Waals surface area contributed by atoms with E-state index in [1.807, 2.05) is 0 Å². The number of amides is 2. The number of carbonyl (C=O) groups is 2. The minimum Gasteiger partial charge on any atom is -0.457 e. The molecule has 0 saturated carbocycles. The molecule has 178 valence electrons. The van der Waals surface area contributed by atoms with E-state index in [1.54, 1.807) is 44.2 Å². The highest BCUT2D eigenvalue weighted by Gasteiger charge is 2.36. The van der Waals surface area contributed by atoms with Crippen LogP contribution in [-0.2, 0) is 11.3 Å². The molecule has 0 N–H and O–H groups in total. The van der Waals surface area contributed by atoms with E-state index >= 15 is 0 Å². The van der Waals surface area contributed by atoms with Crippen LogP contribution >= 0.6 is 23.4 Å². The lowest BCUT2D eigenvalue weighted by Crippen LogP contribution is -2.27. The number of carbonyl (C=O) groups excluding carboxylic acids is 2. The number of furan rings is 1. The molecule has 1 fully saturated rings. The number of nitrogens with zero attached hydrogens (tertiary/aromatic N) is 2. The summed E-state index contributed by atoms with van der Waals surface area (Å²) in [6, 6.07) is 9.80. The summed E-state index contributed by atoms with van der Waals surface area (Å²) in [6.45, 7) is 3.54. The second kappa shape index (κ2) is 8.79. The van der Waals surface area contributed by atoms with Crippen molar-refractivity contribution in [2.45, 2.75) is 20.4 Å². The second-order valence-corrected chi connectivity index (χ2v) is 9.36. The van der Waals surface area contributed by atoms with Gasteiger partial charge in [-0.05, 0) is 61.0 Å².